The SMILES string of the molecule is CC1c2cc(C(O)NO)nn2CCN1C(=O)C12CC3CC(CC(C3)C1)C2. The van der Waals surface area contributed by atoms with Gasteiger partial charge in [-0.1, -0.05) is 0 Å². The Labute approximate surface area is 153 Å². The van der Waals surface area contributed by atoms with E-state index in [-0.39, 0.29) is 11.5 Å². The maximum atomic E-state index is 13.7. The van der Waals surface area contributed by atoms with Crippen LogP contribution < -0.4 is 5.48 Å². The van der Waals surface area contributed by atoms with Crippen LogP contribution >= 0.6 is 0 Å². The molecule has 1 amide bonds. The fourth-order valence-electron chi connectivity index (χ4n) is 6.68. The van der Waals surface area contributed by atoms with Crippen molar-refractivity contribution in [1.82, 2.24) is 20.2 Å². The first kappa shape index (κ1) is 16.7. The van der Waals surface area contributed by atoms with E-state index in [1.54, 1.807) is 6.07 Å². The Bertz CT molecular complexity index is 695. The van der Waals surface area contributed by atoms with Gasteiger partial charge in [0.1, 0.15) is 5.69 Å². The monoisotopic (exact) mass is 360 g/mol. The molecule has 7 heteroatoms. The van der Waals surface area contributed by atoms with Crippen LogP contribution in [0, 0.1) is 23.2 Å². The standard InChI is InChI=1S/C19H28N4O3/c1-11-16-7-15(17(24)21-26)20-23(16)3-2-22(11)18(25)19-8-12-4-13(9-19)6-14(5-12)10-19/h7,11-14,17,21,24,26H,2-6,8-10H2,1H3. The molecule has 6 rings (SSSR count). The Morgan fingerprint density at radius 1 is 1.23 bits per heavy atom. The zero-order chi connectivity index (χ0) is 18.1. The van der Waals surface area contributed by atoms with Crippen molar-refractivity contribution < 1.29 is 15.1 Å². The van der Waals surface area contributed by atoms with E-state index in [4.69, 9.17) is 5.21 Å². The number of aliphatic hydroxyl groups excluding tert-OH is 1. The number of amides is 1. The Kier molecular flexibility index (Phi) is 3.71. The number of carbonyl (C=O) groups excluding carboxylic acids is 1. The van der Waals surface area contributed by atoms with Crippen LogP contribution in [0.2, 0.25) is 0 Å². The summed E-state index contributed by atoms with van der Waals surface area (Å²) in [4.78, 5) is 15.7. The number of rotatable bonds is 3. The number of hydroxylamine groups is 1. The Morgan fingerprint density at radius 3 is 2.42 bits per heavy atom. The maximum Gasteiger partial charge on any atom is 0.229 e. The van der Waals surface area contributed by atoms with Crippen LogP contribution in [0.15, 0.2) is 6.07 Å². The summed E-state index contributed by atoms with van der Waals surface area (Å²) in [7, 11) is 0. The predicted octanol–water partition coefficient (Wildman–Crippen LogP) is 1.97. The van der Waals surface area contributed by atoms with Crippen molar-refractivity contribution in [1.29, 1.82) is 0 Å². The van der Waals surface area contributed by atoms with E-state index in [0.29, 0.717) is 24.7 Å². The molecule has 2 unspecified atom stereocenters. The van der Waals surface area contributed by atoms with Gasteiger partial charge in [0.2, 0.25) is 5.91 Å². The van der Waals surface area contributed by atoms with Gasteiger partial charge in [-0.3, -0.25) is 9.48 Å². The van der Waals surface area contributed by atoms with Crippen molar-refractivity contribution >= 4 is 5.91 Å². The van der Waals surface area contributed by atoms with E-state index in [1.807, 2.05) is 22.0 Å². The highest BCUT2D eigenvalue weighted by Gasteiger charge is 2.56. The fraction of sp³-hybridized carbons (Fsp3) is 0.789. The molecule has 26 heavy (non-hydrogen) atoms. The molecule has 0 radical (unpaired) electrons. The molecule has 2 heterocycles. The number of nitrogens with zero attached hydrogens (tertiary/aromatic N) is 3. The molecule has 2 atom stereocenters. The predicted molar refractivity (Wildman–Crippen MR) is 92.8 cm³/mol. The van der Waals surface area contributed by atoms with Crippen LogP contribution in [0.3, 0.4) is 0 Å². The highest BCUT2D eigenvalue weighted by molar-refractivity contribution is 5.84. The quantitative estimate of drug-likeness (QED) is 0.566. The molecular weight excluding hydrogens is 332 g/mol. The van der Waals surface area contributed by atoms with Crippen molar-refractivity contribution in [3.05, 3.63) is 17.5 Å². The Balaban J connectivity index is 1.41. The minimum atomic E-state index is -1.20. The third-order valence-corrected chi connectivity index (χ3v) is 7.43. The third-order valence-electron chi connectivity index (χ3n) is 7.43. The fourth-order valence-corrected chi connectivity index (χ4v) is 6.68. The van der Waals surface area contributed by atoms with Crippen molar-refractivity contribution in [3.63, 3.8) is 0 Å². The first-order valence-electron chi connectivity index (χ1n) is 9.95. The van der Waals surface area contributed by atoms with Crippen LogP contribution in [-0.4, -0.2) is 37.4 Å². The zero-order valence-corrected chi connectivity index (χ0v) is 15.3. The first-order valence-corrected chi connectivity index (χ1v) is 9.95. The van der Waals surface area contributed by atoms with Gasteiger partial charge >= 0.3 is 0 Å². The summed E-state index contributed by atoms with van der Waals surface area (Å²) >= 11 is 0. The molecule has 142 valence electrons. The largest absolute Gasteiger partial charge is 0.371 e. The first-order chi connectivity index (χ1) is 12.5. The van der Waals surface area contributed by atoms with Crippen LogP contribution in [0.1, 0.15) is 69.1 Å². The van der Waals surface area contributed by atoms with Crippen molar-refractivity contribution in [2.24, 2.45) is 23.2 Å². The molecule has 0 spiro atoms. The van der Waals surface area contributed by atoms with E-state index in [9.17, 15) is 9.90 Å². The van der Waals surface area contributed by atoms with Gasteiger partial charge in [0.25, 0.3) is 0 Å². The molecule has 7 nitrogen and oxygen atoms in total. The number of nitrogens with one attached hydrogen (secondary N) is 1. The van der Waals surface area contributed by atoms with E-state index in [0.717, 1.165) is 42.7 Å². The van der Waals surface area contributed by atoms with Crippen LogP contribution in [0.4, 0.5) is 0 Å². The number of hydrogen-bond acceptors (Lipinski definition) is 5. The number of aliphatic hydroxyl groups is 1. The molecular formula is C19H28N4O3. The van der Waals surface area contributed by atoms with Crippen molar-refractivity contribution in [3.8, 4) is 0 Å². The summed E-state index contributed by atoms with van der Waals surface area (Å²) < 4.78 is 1.85. The third kappa shape index (κ3) is 2.37. The molecule has 0 aromatic carbocycles. The lowest BCUT2D eigenvalue weighted by Crippen LogP contribution is -2.56. The Hall–Kier alpha value is -1.44. The van der Waals surface area contributed by atoms with E-state index in [2.05, 4.69) is 5.10 Å². The topological polar surface area (TPSA) is 90.6 Å². The minimum Gasteiger partial charge on any atom is -0.371 e. The summed E-state index contributed by atoms with van der Waals surface area (Å²) in [5.74, 6) is 2.62. The zero-order valence-electron chi connectivity index (χ0n) is 15.3. The molecule has 1 aromatic heterocycles. The van der Waals surface area contributed by atoms with Gasteiger partial charge in [0.05, 0.1) is 23.7 Å². The summed E-state index contributed by atoms with van der Waals surface area (Å²) in [6.45, 7) is 3.35. The molecule has 4 aliphatic carbocycles. The number of hydrogen-bond donors (Lipinski definition) is 3. The summed E-state index contributed by atoms with van der Waals surface area (Å²) in [6, 6.07) is 1.73. The van der Waals surface area contributed by atoms with Crippen LogP contribution in [0.25, 0.3) is 0 Å². The lowest BCUT2D eigenvalue weighted by molar-refractivity contribution is -0.161. The molecule has 0 saturated heterocycles. The summed E-state index contributed by atoms with van der Waals surface area (Å²) in [5, 5.41) is 23.1. The molecule has 1 aromatic rings. The molecule has 4 bridgehead atoms. The van der Waals surface area contributed by atoms with Gasteiger partial charge in [-0.25, -0.2) is 0 Å². The van der Waals surface area contributed by atoms with Gasteiger partial charge in [0, 0.05) is 6.54 Å². The van der Waals surface area contributed by atoms with Gasteiger partial charge in [-0.15, -0.1) is 0 Å². The summed E-state index contributed by atoms with van der Waals surface area (Å²) in [5.41, 5.74) is 3.02. The average molecular weight is 360 g/mol. The highest BCUT2D eigenvalue weighted by Crippen LogP contribution is 2.61. The van der Waals surface area contributed by atoms with E-state index < -0.39 is 6.23 Å². The van der Waals surface area contributed by atoms with Crippen LogP contribution in [-0.2, 0) is 11.3 Å². The van der Waals surface area contributed by atoms with E-state index >= 15 is 0 Å². The molecule has 3 N–H and O–H groups in total. The second-order valence-corrected chi connectivity index (χ2v) is 9.12. The second kappa shape index (κ2) is 5.78. The van der Waals surface area contributed by atoms with E-state index in [1.165, 1.54) is 19.3 Å². The molecule has 5 aliphatic rings. The highest BCUT2D eigenvalue weighted by atomic mass is 16.5. The van der Waals surface area contributed by atoms with Crippen LogP contribution in [0.5, 0.6) is 0 Å². The molecule has 4 fully saturated rings. The van der Waals surface area contributed by atoms with Crippen molar-refractivity contribution in [2.75, 3.05) is 6.54 Å². The second-order valence-electron chi connectivity index (χ2n) is 9.12. The Morgan fingerprint density at radius 2 is 1.85 bits per heavy atom. The summed E-state index contributed by atoms with van der Waals surface area (Å²) in [6.07, 6.45) is 6.06. The normalized spacial score (nSPS) is 39.1. The minimum absolute atomic E-state index is 0.0589. The smallest absolute Gasteiger partial charge is 0.229 e. The van der Waals surface area contributed by atoms with Gasteiger partial charge in [-0.2, -0.15) is 10.6 Å². The lowest BCUT2D eigenvalue weighted by Gasteiger charge is -2.57. The number of fused-ring (bicyclic) bond motifs is 1. The van der Waals surface area contributed by atoms with Gasteiger partial charge in [-0.05, 0) is 69.3 Å². The number of carbonyl (C=O) groups is 1. The molecule has 1 aliphatic heterocycles. The molecule has 4 saturated carbocycles. The lowest BCUT2D eigenvalue weighted by atomic mass is 9.49. The van der Waals surface area contributed by atoms with Gasteiger partial charge < -0.3 is 15.2 Å². The number of aromatic nitrogens is 2. The maximum absolute atomic E-state index is 13.7. The van der Waals surface area contributed by atoms with Gasteiger partial charge in [0.15, 0.2) is 6.23 Å². The average Bonchev–Trinajstić information content (AvgIpc) is 3.05. The van der Waals surface area contributed by atoms with Crippen molar-refractivity contribution in [2.45, 2.75) is 64.3 Å².